The second-order valence-electron chi connectivity index (χ2n) is 6.51. The zero-order chi connectivity index (χ0) is 16.7. The smallest absolute Gasteiger partial charge is 0.328 e. The zero-order valence-corrected chi connectivity index (χ0v) is 13.3. The topological polar surface area (TPSA) is 66.9 Å². The van der Waals surface area contributed by atoms with E-state index in [1.165, 1.54) is 0 Å². The number of terminal acetylenes is 1. The van der Waals surface area contributed by atoms with Crippen LogP contribution in [0.1, 0.15) is 27.7 Å². The summed E-state index contributed by atoms with van der Waals surface area (Å²) in [4.78, 5) is 42.2. The molecule has 0 aromatic carbocycles. The summed E-state index contributed by atoms with van der Waals surface area (Å²) in [7, 11) is 0. The molecule has 1 aliphatic heterocycles. The van der Waals surface area contributed by atoms with Gasteiger partial charge in [-0.1, -0.05) is 36.5 Å². The first kappa shape index (κ1) is 16.1. The van der Waals surface area contributed by atoms with Crippen LogP contribution in [0.3, 0.4) is 0 Å². The molecule has 118 valence electrons. The molecule has 0 bridgehead atoms. The number of hydroxylamine groups is 2. The summed E-state index contributed by atoms with van der Waals surface area (Å²) in [6.07, 6.45) is 7.15. The van der Waals surface area contributed by atoms with E-state index < -0.39 is 17.9 Å². The Hall–Kier alpha value is -2.29. The lowest BCUT2D eigenvalue weighted by Crippen LogP contribution is -2.36. The molecular formula is C16H20N2O4. The van der Waals surface area contributed by atoms with Crippen LogP contribution in [0.15, 0.2) is 11.6 Å². The predicted octanol–water partition coefficient (Wildman–Crippen LogP) is 1.58. The van der Waals surface area contributed by atoms with Gasteiger partial charge >= 0.3 is 12.0 Å². The van der Waals surface area contributed by atoms with E-state index in [9.17, 15) is 14.4 Å². The molecule has 6 nitrogen and oxygen atoms in total. The second kappa shape index (κ2) is 5.48. The molecule has 6 heteroatoms. The van der Waals surface area contributed by atoms with Crippen molar-refractivity contribution in [1.29, 1.82) is 0 Å². The minimum atomic E-state index is -0.687. The Balaban J connectivity index is 2.05. The normalized spacial score (nSPS) is 25.8. The molecule has 2 rings (SSSR count). The van der Waals surface area contributed by atoms with Crippen LogP contribution < -0.4 is 0 Å². The Morgan fingerprint density at radius 1 is 1.45 bits per heavy atom. The highest BCUT2D eigenvalue weighted by Crippen LogP contribution is 2.59. The molecule has 0 N–H and O–H groups in total. The third-order valence-corrected chi connectivity index (χ3v) is 4.14. The molecule has 22 heavy (non-hydrogen) atoms. The quantitative estimate of drug-likeness (QED) is 0.449. The molecule has 1 saturated heterocycles. The van der Waals surface area contributed by atoms with Crippen LogP contribution in [0.5, 0.6) is 0 Å². The number of amides is 3. The molecule has 2 aliphatic rings. The number of urea groups is 1. The van der Waals surface area contributed by atoms with Crippen molar-refractivity contribution in [2.75, 3.05) is 13.1 Å². The maximum atomic E-state index is 12.3. The molecule has 2 unspecified atom stereocenters. The number of allylic oxidation sites excluding steroid dienone is 2. The van der Waals surface area contributed by atoms with Crippen LogP contribution in [-0.2, 0) is 14.4 Å². The Morgan fingerprint density at radius 2 is 2.09 bits per heavy atom. The molecule has 1 aliphatic carbocycles. The molecule has 1 saturated carbocycles. The second-order valence-corrected chi connectivity index (χ2v) is 6.51. The number of hydrogen-bond acceptors (Lipinski definition) is 4. The van der Waals surface area contributed by atoms with E-state index >= 15 is 0 Å². The van der Waals surface area contributed by atoms with Crippen LogP contribution in [-0.4, -0.2) is 41.0 Å². The maximum absolute atomic E-state index is 12.3. The summed E-state index contributed by atoms with van der Waals surface area (Å²) in [6, 6.07) is -0.687. The van der Waals surface area contributed by atoms with Crippen molar-refractivity contribution in [1.82, 2.24) is 9.96 Å². The molecule has 0 radical (unpaired) electrons. The largest absolute Gasteiger partial charge is 0.362 e. The van der Waals surface area contributed by atoms with Crippen LogP contribution in [0, 0.1) is 29.6 Å². The van der Waals surface area contributed by atoms with Gasteiger partial charge in [0.15, 0.2) is 0 Å². The number of nitrogens with zero attached hydrogens (tertiary/aromatic N) is 2. The lowest BCUT2D eigenvalue weighted by molar-refractivity contribution is -0.184. The van der Waals surface area contributed by atoms with Gasteiger partial charge in [0.1, 0.15) is 6.54 Å². The molecule has 0 aromatic rings. The van der Waals surface area contributed by atoms with Gasteiger partial charge in [-0.25, -0.2) is 9.59 Å². The average Bonchev–Trinajstić information content (AvgIpc) is 2.83. The van der Waals surface area contributed by atoms with Crippen molar-refractivity contribution >= 4 is 17.9 Å². The first-order valence-corrected chi connectivity index (χ1v) is 7.12. The minimum Gasteiger partial charge on any atom is -0.328 e. The minimum absolute atomic E-state index is 0.00787. The predicted molar refractivity (Wildman–Crippen MR) is 78.9 cm³/mol. The monoisotopic (exact) mass is 304 g/mol. The van der Waals surface area contributed by atoms with Gasteiger partial charge in [-0.3, -0.25) is 4.79 Å². The summed E-state index contributed by atoms with van der Waals surface area (Å²) in [5.74, 6) is 0.851. The highest BCUT2D eigenvalue weighted by molar-refractivity contribution is 6.02. The van der Waals surface area contributed by atoms with Gasteiger partial charge in [0.25, 0.3) is 5.91 Å². The summed E-state index contributed by atoms with van der Waals surface area (Å²) in [6.45, 7) is 7.68. The molecule has 2 fully saturated rings. The van der Waals surface area contributed by atoms with Crippen molar-refractivity contribution in [2.45, 2.75) is 27.7 Å². The molecular weight excluding hydrogens is 284 g/mol. The number of carbonyl (C=O) groups excluding carboxylic acids is 3. The summed E-state index contributed by atoms with van der Waals surface area (Å²) >= 11 is 0. The van der Waals surface area contributed by atoms with Crippen LogP contribution in [0.4, 0.5) is 4.79 Å². The number of imide groups is 1. The van der Waals surface area contributed by atoms with E-state index in [2.05, 4.69) is 5.92 Å². The highest BCUT2D eigenvalue weighted by Gasteiger charge is 2.62. The standard InChI is InChI=1S/C16H20N2O4/c1-6-7-17-9-12(19)18(15(17)21)22-14(20)13-11(8-10(2)3)16(13,4)5/h1,8,11,13H,7,9H2,2-5H3. The van der Waals surface area contributed by atoms with Crippen LogP contribution in [0.2, 0.25) is 0 Å². The van der Waals surface area contributed by atoms with E-state index in [1.54, 1.807) is 0 Å². The number of rotatable bonds is 4. The van der Waals surface area contributed by atoms with E-state index in [0.29, 0.717) is 5.06 Å². The van der Waals surface area contributed by atoms with Gasteiger partial charge in [-0.2, -0.15) is 0 Å². The van der Waals surface area contributed by atoms with Crippen molar-refractivity contribution in [3.63, 3.8) is 0 Å². The fourth-order valence-corrected chi connectivity index (χ4v) is 2.80. The van der Waals surface area contributed by atoms with Gasteiger partial charge in [0.2, 0.25) is 0 Å². The Kier molecular flexibility index (Phi) is 4.01. The van der Waals surface area contributed by atoms with Crippen molar-refractivity contribution in [3.8, 4) is 12.3 Å². The van der Waals surface area contributed by atoms with Gasteiger partial charge in [-0.15, -0.1) is 6.42 Å². The van der Waals surface area contributed by atoms with E-state index in [1.807, 2.05) is 33.8 Å². The van der Waals surface area contributed by atoms with Crippen molar-refractivity contribution < 1.29 is 19.2 Å². The molecule has 2 atom stereocenters. The number of carbonyl (C=O) groups is 3. The van der Waals surface area contributed by atoms with Gasteiger partial charge in [-0.05, 0) is 25.2 Å². The first-order chi connectivity index (χ1) is 10.2. The van der Waals surface area contributed by atoms with Gasteiger partial charge < -0.3 is 9.74 Å². The number of hydrogen-bond donors (Lipinski definition) is 0. The van der Waals surface area contributed by atoms with E-state index in [4.69, 9.17) is 11.3 Å². The molecule has 1 heterocycles. The van der Waals surface area contributed by atoms with E-state index in [0.717, 1.165) is 10.5 Å². The Labute approximate surface area is 130 Å². The van der Waals surface area contributed by atoms with Crippen molar-refractivity contribution in [3.05, 3.63) is 11.6 Å². The van der Waals surface area contributed by atoms with Gasteiger partial charge in [0, 0.05) is 0 Å². The van der Waals surface area contributed by atoms with Crippen LogP contribution >= 0.6 is 0 Å². The van der Waals surface area contributed by atoms with E-state index in [-0.39, 0.29) is 30.3 Å². The third-order valence-electron chi connectivity index (χ3n) is 4.14. The fourth-order valence-electron chi connectivity index (χ4n) is 2.80. The lowest BCUT2D eigenvalue weighted by Gasteiger charge is -2.14. The molecule has 3 amide bonds. The summed E-state index contributed by atoms with van der Waals surface area (Å²) < 4.78 is 0. The maximum Gasteiger partial charge on any atom is 0.362 e. The molecule has 0 aromatic heterocycles. The lowest BCUT2D eigenvalue weighted by atomic mass is 10.1. The van der Waals surface area contributed by atoms with Gasteiger partial charge in [0.05, 0.1) is 12.5 Å². The zero-order valence-electron chi connectivity index (χ0n) is 13.3. The highest BCUT2D eigenvalue weighted by atomic mass is 16.7. The molecule has 0 spiro atoms. The Bertz CT molecular complexity index is 596. The SMILES string of the molecule is C#CCN1CC(=O)N(OC(=O)C2C(C=C(C)C)C2(C)C)C1=O. The van der Waals surface area contributed by atoms with Crippen molar-refractivity contribution in [2.24, 2.45) is 17.3 Å². The van der Waals surface area contributed by atoms with Crippen LogP contribution in [0.25, 0.3) is 0 Å². The summed E-state index contributed by atoms with van der Waals surface area (Å²) in [5, 5.41) is 0.521. The third kappa shape index (κ3) is 2.71. The average molecular weight is 304 g/mol. The first-order valence-electron chi connectivity index (χ1n) is 7.12. The fraction of sp³-hybridized carbons (Fsp3) is 0.562. The summed E-state index contributed by atoms with van der Waals surface area (Å²) in [5.41, 5.74) is 0.875. The Morgan fingerprint density at radius 3 is 2.64 bits per heavy atom.